The summed E-state index contributed by atoms with van der Waals surface area (Å²) in [7, 11) is 2.00. The molecule has 3 aromatic rings. The highest BCUT2D eigenvalue weighted by atomic mass is 32.2. The first-order valence-corrected chi connectivity index (χ1v) is 13.9. The van der Waals surface area contributed by atoms with E-state index in [4.69, 9.17) is 4.99 Å². The predicted molar refractivity (Wildman–Crippen MR) is 152 cm³/mol. The van der Waals surface area contributed by atoms with Crippen LogP contribution in [0.25, 0.3) is 0 Å². The molecule has 1 amide bonds. The van der Waals surface area contributed by atoms with Gasteiger partial charge in [-0.25, -0.2) is 4.99 Å². The molecular formula is C29H25N5OS2. The third-order valence-electron chi connectivity index (χ3n) is 6.75. The zero-order chi connectivity index (χ0) is 25.4. The van der Waals surface area contributed by atoms with Gasteiger partial charge < -0.3 is 9.80 Å². The first-order valence-electron chi connectivity index (χ1n) is 12.3. The van der Waals surface area contributed by atoms with Gasteiger partial charge in [0.05, 0.1) is 34.2 Å². The Balaban J connectivity index is 1.38. The van der Waals surface area contributed by atoms with Crippen LogP contribution in [0.15, 0.2) is 92.6 Å². The lowest BCUT2D eigenvalue weighted by Crippen LogP contribution is -2.29. The molecule has 0 radical (unpaired) electrons. The van der Waals surface area contributed by atoms with E-state index in [1.807, 2.05) is 67.7 Å². The van der Waals surface area contributed by atoms with Gasteiger partial charge in [0.15, 0.2) is 5.17 Å². The van der Waals surface area contributed by atoms with Crippen LogP contribution in [0.2, 0.25) is 0 Å². The zero-order valence-electron chi connectivity index (χ0n) is 20.4. The first-order chi connectivity index (χ1) is 18.1. The van der Waals surface area contributed by atoms with Gasteiger partial charge in [0.25, 0.3) is 5.91 Å². The van der Waals surface area contributed by atoms with Crippen LogP contribution in [-0.2, 0) is 11.3 Å². The predicted octanol–water partition coefficient (Wildman–Crippen LogP) is 6.33. The van der Waals surface area contributed by atoms with Gasteiger partial charge >= 0.3 is 0 Å². The minimum Gasteiger partial charge on any atom is -0.370 e. The molecule has 0 N–H and O–H groups in total. The summed E-state index contributed by atoms with van der Waals surface area (Å²) in [5.41, 5.74) is 4.39. The molecular weight excluding hydrogens is 498 g/mol. The standard InChI is InChI=1S/C29H25N5OS2/c1-32-24-11-5-6-12-25(24)36-28(32)26-27(35)34(19-20-9-3-2-4-10-20)29(37-26)31-22-13-14-23(21(17-22)18-30)33-15-7-8-16-33/h2-6,9-14,17H,7-8,15-16,19H2,1H3/b28-26+,31-29?. The third-order valence-corrected chi connectivity index (χ3v) is 9.18. The smallest absolute Gasteiger partial charge is 0.269 e. The van der Waals surface area contributed by atoms with Crippen molar-refractivity contribution in [2.75, 3.05) is 29.9 Å². The number of fused-ring (bicyclic) bond motifs is 1. The number of amides is 1. The van der Waals surface area contributed by atoms with E-state index in [0.717, 1.165) is 52.8 Å². The summed E-state index contributed by atoms with van der Waals surface area (Å²) >= 11 is 3.02. The van der Waals surface area contributed by atoms with Gasteiger partial charge in [-0.3, -0.25) is 9.69 Å². The highest BCUT2D eigenvalue weighted by Gasteiger charge is 2.39. The second-order valence-corrected chi connectivity index (χ2v) is 11.2. The molecule has 3 aliphatic rings. The molecule has 2 saturated heterocycles. The van der Waals surface area contributed by atoms with Crippen molar-refractivity contribution in [3.05, 3.63) is 93.9 Å². The number of hydrogen-bond donors (Lipinski definition) is 0. The topological polar surface area (TPSA) is 62.9 Å². The van der Waals surface area contributed by atoms with Crippen molar-refractivity contribution in [1.29, 1.82) is 5.26 Å². The normalized spacial score (nSPS) is 20.2. The number of nitrogens with zero attached hydrogens (tertiary/aromatic N) is 5. The Kier molecular flexibility index (Phi) is 6.41. The molecule has 6 nitrogen and oxygen atoms in total. The Labute approximate surface area is 225 Å². The number of aliphatic imine (C=N–C) groups is 1. The summed E-state index contributed by atoms with van der Waals surface area (Å²) in [5, 5.41) is 11.4. The van der Waals surface area contributed by atoms with Crippen LogP contribution >= 0.6 is 23.5 Å². The average Bonchev–Trinajstić information content (AvgIpc) is 3.65. The number of carbonyl (C=O) groups is 1. The minimum atomic E-state index is -0.0519. The number of nitriles is 1. The maximum atomic E-state index is 13.8. The first kappa shape index (κ1) is 23.7. The number of anilines is 2. The molecule has 8 heteroatoms. The molecule has 0 atom stereocenters. The molecule has 2 fully saturated rings. The molecule has 3 aromatic carbocycles. The van der Waals surface area contributed by atoms with Crippen molar-refractivity contribution in [2.45, 2.75) is 24.3 Å². The Morgan fingerprint density at radius 1 is 0.946 bits per heavy atom. The minimum absolute atomic E-state index is 0.0519. The van der Waals surface area contributed by atoms with Crippen LogP contribution in [0.3, 0.4) is 0 Å². The highest BCUT2D eigenvalue weighted by molar-refractivity contribution is 8.19. The fourth-order valence-electron chi connectivity index (χ4n) is 4.85. The zero-order valence-corrected chi connectivity index (χ0v) is 22.1. The molecule has 0 unspecified atom stereocenters. The maximum Gasteiger partial charge on any atom is 0.269 e. The summed E-state index contributed by atoms with van der Waals surface area (Å²) < 4.78 is 0. The van der Waals surface area contributed by atoms with Crippen molar-refractivity contribution in [1.82, 2.24) is 4.90 Å². The summed E-state index contributed by atoms with van der Waals surface area (Å²) in [6.45, 7) is 2.38. The van der Waals surface area contributed by atoms with E-state index in [2.05, 4.69) is 28.0 Å². The van der Waals surface area contributed by atoms with Crippen molar-refractivity contribution in [3.63, 3.8) is 0 Å². The quantitative estimate of drug-likeness (QED) is 0.372. The van der Waals surface area contributed by atoms with Crippen LogP contribution in [0, 0.1) is 11.3 Å². The van der Waals surface area contributed by atoms with Gasteiger partial charge in [-0.15, -0.1) is 0 Å². The van der Waals surface area contributed by atoms with Gasteiger partial charge in [0.2, 0.25) is 0 Å². The lowest BCUT2D eigenvalue weighted by molar-refractivity contribution is -0.122. The summed E-state index contributed by atoms with van der Waals surface area (Å²) in [6, 6.07) is 26.3. The lowest BCUT2D eigenvalue weighted by atomic mass is 10.1. The van der Waals surface area contributed by atoms with Gasteiger partial charge in [-0.1, -0.05) is 54.2 Å². The maximum absolute atomic E-state index is 13.8. The number of benzene rings is 3. The Bertz CT molecular complexity index is 1470. The van der Waals surface area contributed by atoms with Crippen LogP contribution in [0.5, 0.6) is 0 Å². The van der Waals surface area contributed by atoms with Crippen molar-refractivity contribution < 1.29 is 4.79 Å². The van der Waals surface area contributed by atoms with E-state index in [-0.39, 0.29) is 5.91 Å². The van der Waals surface area contributed by atoms with E-state index in [0.29, 0.717) is 27.9 Å². The van der Waals surface area contributed by atoms with Crippen LogP contribution in [-0.4, -0.2) is 36.1 Å². The molecule has 0 bridgehead atoms. The van der Waals surface area contributed by atoms with E-state index in [1.165, 1.54) is 11.8 Å². The van der Waals surface area contributed by atoms with E-state index in [9.17, 15) is 10.1 Å². The fraction of sp³-hybridized carbons (Fsp3) is 0.207. The van der Waals surface area contributed by atoms with Gasteiger partial charge in [-0.2, -0.15) is 5.26 Å². The van der Waals surface area contributed by atoms with Crippen molar-refractivity contribution >= 4 is 51.7 Å². The van der Waals surface area contributed by atoms with Gasteiger partial charge in [-0.05, 0) is 60.5 Å². The highest BCUT2D eigenvalue weighted by Crippen LogP contribution is 2.50. The monoisotopic (exact) mass is 523 g/mol. The molecule has 3 aliphatic heterocycles. The van der Waals surface area contributed by atoms with E-state index in [1.54, 1.807) is 16.7 Å². The average molecular weight is 524 g/mol. The van der Waals surface area contributed by atoms with E-state index >= 15 is 0 Å². The van der Waals surface area contributed by atoms with Crippen molar-refractivity contribution in [2.24, 2.45) is 4.99 Å². The summed E-state index contributed by atoms with van der Waals surface area (Å²) in [6.07, 6.45) is 2.30. The second-order valence-electron chi connectivity index (χ2n) is 9.14. The molecule has 6 rings (SSSR count). The lowest BCUT2D eigenvalue weighted by Gasteiger charge is -2.19. The Morgan fingerprint density at radius 3 is 2.46 bits per heavy atom. The number of rotatable bonds is 4. The number of thioether (sulfide) groups is 2. The molecule has 0 saturated carbocycles. The van der Waals surface area contributed by atoms with E-state index < -0.39 is 0 Å². The Morgan fingerprint density at radius 2 is 1.70 bits per heavy atom. The largest absolute Gasteiger partial charge is 0.370 e. The molecule has 0 spiro atoms. The second kappa shape index (κ2) is 10.0. The molecule has 37 heavy (non-hydrogen) atoms. The Hall–Kier alpha value is -3.67. The summed E-state index contributed by atoms with van der Waals surface area (Å²) in [5.74, 6) is -0.0519. The fourth-order valence-corrected chi connectivity index (χ4v) is 7.19. The van der Waals surface area contributed by atoms with Crippen molar-refractivity contribution in [3.8, 4) is 6.07 Å². The number of para-hydroxylation sites is 1. The van der Waals surface area contributed by atoms with Crippen LogP contribution in [0.1, 0.15) is 24.0 Å². The molecule has 3 heterocycles. The van der Waals surface area contributed by atoms with Crippen LogP contribution in [0.4, 0.5) is 17.1 Å². The van der Waals surface area contributed by atoms with Gasteiger partial charge in [0.1, 0.15) is 11.0 Å². The SMILES string of the molecule is CN1/C(=C2\SC(=Nc3ccc(N4CCCC4)c(C#N)c3)N(Cc3ccccc3)C2=O)Sc2ccccc21. The number of hydrogen-bond acceptors (Lipinski definition) is 7. The number of amidine groups is 1. The molecule has 0 aliphatic carbocycles. The van der Waals surface area contributed by atoms with Gasteiger partial charge in [0, 0.05) is 25.0 Å². The van der Waals surface area contributed by atoms with Crippen LogP contribution < -0.4 is 9.80 Å². The number of carbonyl (C=O) groups excluding carboxylic acids is 1. The summed E-state index contributed by atoms with van der Waals surface area (Å²) in [4.78, 5) is 26.6. The third kappa shape index (κ3) is 4.50. The molecule has 0 aromatic heterocycles. The molecule has 184 valence electrons.